The van der Waals surface area contributed by atoms with Crippen LogP contribution in [0, 0.1) is 0 Å². The maximum atomic E-state index is 3.64. The van der Waals surface area contributed by atoms with Crippen molar-refractivity contribution >= 4 is 11.8 Å². The molecular weight excluding hydrogens is 216 g/mol. The lowest BCUT2D eigenvalue weighted by Gasteiger charge is -2.32. The van der Waals surface area contributed by atoms with E-state index in [9.17, 15) is 0 Å². The van der Waals surface area contributed by atoms with Gasteiger partial charge < -0.3 is 10.2 Å². The molecule has 0 aromatic carbocycles. The van der Waals surface area contributed by atoms with Crippen LogP contribution in [0.5, 0.6) is 0 Å². The summed E-state index contributed by atoms with van der Waals surface area (Å²) in [7, 11) is 0. The van der Waals surface area contributed by atoms with E-state index in [0.29, 0.717) is 0 Å². The largest absolute Gasteiger partial charge is 0.314 e. The van der Waals surface area contributed by atoms with Gasteiger partial charge in [-0.25, -0.2) is 0 Å². The number of nitrogens with one attached hydrogen (secondary N) is 1. The molecule has 0 unspecified atom stereocenters. The van der Waals surface area contributed by atoms with Crippen molar-refractivity contribution in [2.24, 2.45) is 0 Å². The minimum Gasteiger partial charge on any atom is -0.314 e. The number of rotatable bonds is 8. The first-order valence-electron chi connectivity index (χ1n) is 6.81. The van der Waals surface area contributed by atoms with Crippen LogP contribution in [0.4, 0.5) is 0 Å². The summed E-state index contributed by atoms with van der Waals surface area (Å²) in [5.74, 6) is 1.33. The van der Waals surface area contributed by atoms with E-state index in [4.69, 9.17) is 0 Å². The number of hydrogen-bond donors (Lipinski definition) is 1. The highest BCUT2D eigenvalue weighted by molar-refractivity contribution is 7.98. The van der Waals surface area contributed by atoms with Crippen molar-refractivity contribution in [3.63, 3.8) is 0 Å². The van der Waals surface area contributed by atoms with Gasteiger partial charge in [-0.05, 0) is 70.3 Å². The average molecular weight is 244 g/mol. The SMILES string of the molecule is CCCNC1CCN(CCCCSC)CC1. The molecule has 0 amide bonds. The fraction of sp³-hybridized carbons (Fsp3) is 1.00. The van der Waals surface area contributed by atoms with Crippen LogP contribution in [0.1, 0.15) is 39.0 Å². The molecule has 1 aliphatic heterocycles. The average Bonchev–Trinajstić information content (AvgIpc) is 2.33. The van der Waals surface area contributed by atoms with Crippen molar-refractivity contribution in [1.82, 2.24) is 10.2 Å². The van der Waals surface area contributed by atoms with E-state index in [0.717, 1.165) is 6.04 Å². The van der Waals surface area contributed by atoms with Gasteiger partial charge in [-0.3, -0.25) is 0 Å². The van der Waals surface area contributed by atoms with Gasteiger partial charge in [0.05, 0.1) is 0 Å². The van der Waals surface area contributed by atoms with Gasteiger partial charge in [0.2, 0.25) is 0 Å². The second kappa shape index (κ2) is 9.32. The zero-order valence-corrected chi connectivity index (χ0v) is 11.8. The third kappa shape index (κ3) is 6.12. The molecule has 0 radical (unpaired) electrons. The molecule has 1 heterocycles. The first-order valence-corrected chi connectivity index (χ1v) is 8.21. The molecule has 1 N–H and O–H groups in total. The van der Waals surface area contributed by atoms with Gasteiger partial charge in [0.25, 0.3) is 0 Å². The zero-order valence-electron chi connectivity index (χ0n) is 11.0. The van der Waals surface area contributed by atoms with Crippen LogP contribution in [-0.4, -0.2) is 49.1 Å². The Morgan fingerprint density at radius 2 is 2.00 bits per heavy atom. The molecule has 0 bridgehead atoms. The van der Waals surface area contributed by atoms with Crippen LogP contribution in [0.15, 0.2) is 0 Å². The summed E-state index contributed by atoms with van der Waals surface area (Å²) in [5, 5.41) is 3.64. The lowest BCUT2D eigenvalue weighted by atomic mass is 10.0. The van der Waals surface area contributed by atoms with Crippen LogP contribution in [-0.2, 0) is 0 Å². The Kier molecular flexibility index (Phi) is 8.34. The van der Waals surface area contributed by atoms with Crippen LogP contribution in [0.2, 0.25) is 0 Å². The number of nitrogens with zero attached hydrogens (tertiary/aromatic N) is 1. The van der Waals surface area contributed by atoms with Gasteiger partial charge in [-0.15, -0.1) is 0 Å². The molecule has 1 saturated heterocycles. The first kappa shape index (κ1) is 14.3. The quantitative estimate of drug-likeness (QED) is 0.661. The molecular formula is C13H28N2S. The third-order valence-corrected chi connectivity index (χ3v) is 4.04. The van der Waals surface area contributed by atoms with E-state index in [2.05, 4.69) is 23.4 Å². The molecule has 0 aromatic rings. The summed E-state index contributed by atoms with van der Waals surface area (Å²) in [4.78, 5) is 2.64. The number of hydrogen-bond acceptors (Lipinski definition) is 3. The van der Waals surface area contributed by atoms with Gasteiger partial charge in [0, 0.05) is 6.04 Å². The topological polar surface area (TPSA) is 15.3 Å². The molecule has 16 heavy (non-hydrogen) atoms. The van der Waals surface area contributed by atoms with Crippen LogP contribution in [0.25, 0.3) is 0 Å². The van der Waals surface area contributed by atoms with Crippen LogP contribution < -0.4 is 5.32 Å². The van der Waals surface area contributed by atoms with E-state index in [-0.39, 0.29) is 0 Å². The number of piperidine rings is 1. The maximum Gasteiger partial charge on any atom is 0.00914 e. The number of thioether (sulfide) groups is 1. The van der Waals surface area contributed by atoms with Gasteiger partial charge in [-0.2, -0.15) is 11.8 Å². The highest BCUT2D eigenvalue weighted by atomic mass is 32.2. The number of unbranched alkanes of at least 4 members (excludes halogenated alkanes) is 1. The maximum absolute atomic E-state index is 3.64. The van der Waals surface area contributed by atoms with Gasteiger partial charge in [0.1, 0.15) is 0 Å². The molecule has 1 aliphatic rings. The van der Waals surface area contributed by atoms with E-state index < -0.39 is 0 Å². The third-order valence-electron chi connectivity index (χ3n) is 3.34. The molecule has 1 rings (SSSR count). The molecule has 0 aliphatic carbocycles. The van der Waals surface area contributed by atoms with Crippen LogP contribution >= 0.6 is 11.8 Å². The smallest absolute Gasteiger partial charge is 0.00914 e. The van der Waals surface area contributed by atoms with Crippen molar-refractivity contribution in [1.29, 1.82) is 0 Å². The molecule has 0 saturated carbocycles. The van der Waals surface area contributed by atoms with Crippen molar-refractivity contribution < 1.29 is 0 Å². The predicted molar refractivity (Wildman–Crippen MR) is 75.4 cm³/mol. The standard InChI is InChI=1S/C13H28N2S/c1-3-8-14-13-6-10-15(11-7-13)9-4-5-12-16-2/h13-14H,3-12H2,1-2H3. The summed E-state index contributed by atoms with van der Waals surface area (Å²) in [5.41, 5.74) is 0. The Morgan fingerprint density at radius 3 is 2.62 bits per heavy atom. The van der Waals surface area contributed by atoms with Gasteiger partial charge in [0.15, 0.2) is 0 Å². The number of likely N-dealkylation sites (tertiary alicyclic amines) is 1. The lowest BCUT2D eigenvalue weighted by molar-refractivity contribution is 0.196. The Hall–Kier alpha value is 0.270. The lowest BCUT2D eigenvalue weighted by Crippen LogP contribution is -2.42. The monoisotopic (exact) mass is 244 g/mol. The van der Waals surface area contributed by atoms with Gasteiger partial charge in [-0.1, -0.05) is 6.92 Å². The molecule has 2 nitrogen and oxygen atoms in total. The second-order valence-corrected chi connectivity index (χ2v) is 5.76. The normalized spacial score (nSPS) is 19.1. The van der Waals surface area contributed by atoms with Crippen LogP contribution in [0.3, 0.4) is 0 Å². The first-order chi connectivity index (χ1) is 7.86. The molecule has 96 valence electrons. The summed E-state index contributed by atoms with van der Waals surface area (Å²) in [6, 6.07) is 0.794. The van der Waals surface area contributed by atoms with Crippen molar-refractivity contribution in [2.75, 3.05) is 38.2 Å². The Labute approximate surface area is 106 Å². The van der Waals surface area contributed by atoms with E-state index in [1.165, 1.54) is 64.0 Å². The highest BCUT2D eigenvalue weighted by Gasteiger charge is 2.17. The van der Waals surface area contributed by atoms with E-state index >= 15 is 0 Å². The Bertz CT molecular complexity index is 156. The highest BCUT2D eigenvalue weighted by Crippen LogP contribution is 2.11. The van der Waals surface area contributed by atoms with Gasteiger partial charge >= 0.3 is 0 Å². The molecule has 1 fully saturated rings. The van der Waals surface area contributed by atoms with E-state index in [1.807, 2.05) is 11.8 Å². The fourth-order valence-electron chi connectivity index (χ4n) is 2.29. The molecule has 0 aromatic heterocycles. The summed E-state index contributed by atoms with van der Waals surface area (Å²) < 4.78 is 0. The summed E-state index contributed by atoms with van der Waals surface area (Å²) in [6.45, 7) is 7.37. The molecule has 0 spiro atoms. The predicted octanol–water partition coefficient (Wildman–Crippen LogP) is 2.59. The van der Waals surface area contributed by atoms with E-state index in [1.54, 1.807) is 0 Å². The van der Waals surface area contributed by atoms with Crippen molar-refractivity contribution in [3.05, 3.63) is 0 Å². The minimum atomic E-state index is 0.794. The molecule has 3 heteroatoms. The summed E-state index contributed by atoms with van der Waals surface area (Å²) >= 11 is 1.97. The van der Waals surface area contributed by atoms with Crippen molar-refractivity contribution in [3.8, 4) is 0 Å². The zero-order chi connectivity index (χ0) is 11.6. The summed E-state index contributed by atoms with van der Waals surface area (Å²) in [6.07, 6.45) is 8.92. The Morgan fingerprint density at radius 1 is 1.25 bits per heavy atom. The second-order valence-electron chi connectivity index (χ2n) is 4.77. The minimum absolute atomic E-state index is 0.794. The fourth-order valence-corrected chi connectivity index (χ4v) is 2.78. The Balaban J connectivity index is 1.98. The molecule has 0 atom stereocenters. The van der Waals surface area contributed by atoms with Crippen molar-refractivity contribution in [2.45, 2.75) is 45.1 Å².